The zero-order valence-corrected chi connectivity index (χ0v) is 11.1. The van der Waals surface area contributed by atoms with Gasteiger partial charge < -0.3 is 10.4 Å². The maximum Gasteiger partial charge on any atom is 0.419 e. The summed E-state index contributed by atoms with van der Waals surface area (Å²) in [4.78, 5) is 11.9. The lowest BCUT2D eigenvalue weighted by Crippen LogP contribution is -2.40. The molecule has 2 atom stereocenters. The van der Waals surface area contributed by atoms with E-state index in [1.54, 1.807) is 0 Å². The normalized spacial score (nSPS) is 22.9. The molecule has 1 aromatic rings. The van der Waals surface area contributed by atoms with Crippen molar-refractivity contribution in [1.82, 2.24) is 5.32 Å². The van der Waals surface area contributed by atoms with Gasteiger partial charge in [-0.1, -0.05) is 6.07 Å². The van der Waals surface area contributed by atoms with Crippen LogP contribution in [0.2, 0.25) is 0 Å². The molecule has 2 rings (SSSR count). The van der Waals surface area contributed by atoms with Crippen LogP contribution >= 0.6 is 0 Å². The van der Waals surface area contributed by atoms with Gasteiger partial charge in [-0.2, -0.15) is 13.2 Å². The van der Waals surface area contributed by atoms with E-state index in [2.05, 4.69) is 5.32 Å². The van der Waals surface area contributed by atoms with Crippen molar-refractivity contribution in [1.29, 1.82) is 0 Å². The maximum atomic E-state index is 13.8. The number of halogens is 4. The van der Waals surface area contributed by atoms with E-state index in [1.807, 2.05) is 0 Å². The van der Waals surface area contributed by atoms with Crippen LogP contribution in [0.15, 0.2) is 18.2 Å². The molecule has 7 heteroatoms. The van der Waals surface area contributed by atoms with E-state index < -0.39 is 35.1 Å². The Labute approximate surface area is 119 Å². The Morgan fingerprint density at radius 1 is 1.29 bits per heavy atom. The number of nitrogens with one attached hydrogen (secondary N) is 1. The van der Waals surface area contributed by atoms with Crippen LogP contribution in [0.5, 0.6) is 0 Å². The van der Waals surface area contributed by atoms with E-state index in [0.29, 0.717) is 31.7 Å². The molecule has 1 aromatic carbocycles. The van der Waals surface area contributed by atoms with Crippen molar-refractivity contribution >= 4 is 5.91 Å². The molecule has 0 spiro atoms. The number of aliphatic hydroxyl groups excluding tert-OH is 1. The number of hydrogen-bond donors (Lipinski definition) is 2. The third-order valence-corrected chi connectivity index (χ3v) is 3.53. The Morgan fingerprint density at radius 2 is 2.00 bits per heavy atom. The molecule has 116 valence electrons. The molecular formula is C14H15F4NO2. The standard InChI is InChI=1S/C14H15F4NO2/c15-12-10(5-2-6-11(12)14(16,17)18)13(21)19-8-3-1-4-9(20)7-8/h2,5-6,8-9,20H,1,3-4,7H2,(H,19,21). The highest BCUT2D eigenvalue weighted by Gasteiger charge is 2.36. The van der Waals surface area contributed by atoms with Crippen molar-refractivity contribution < 1.29 is 27.5 Å². The fourth-order valence-corrected chi connectivity index (χ4v) is 2.48. The largest absolute Gasteiger partial charge is 0.419 e. The first-order valence-electron chi connectivity index (χ1n) is 6.63. The summed E-state index contributed by atoms with van der Waals surface area (Å²) in [5, 5.41) is 12.0. The zero-order valence-electron chi connectivity index (χ0n) is 11.1. The predicted molar refractivity (Wildman–Crippen MR) is 67.1 cm³/mol. The summed E-state index contributed by atoms with van der Waals surface area (Å²) in [5.74, 6) is -2.46. The summed E-state index contributed by atoms with van der Waals surface area (Å²) in [6.45, 7) is 0. The first-order chi connectivity index (χ1) is 9.79. The fourth-order valence-electron chi connectivity index (χ4n) is 2.48. The summed E-state index contributed by atoms with van der Waals surface area (Å²) in [6.07, 6.45) is -3.12. The molecule has 0 saturated heterocycles. The van der Waals surface area contributed by atoms with Crippen molar-refractivity contribution in [2.24, 2.45) is 0 Å². The van der Waals surface area contributed by atoms with E-state index in [1.165, 1.54) is 0 Å². The Hall–Kier alpha value is -1.63. The quantitative estimate of drug-likeness (QED) is 0.826. The summed E-state index contributed by atoms with van der Waals surface area (Å²) in [6, 6.07) is 2.25. The molecule has 1 aliphatic carbocycles. The van der Waals surface area contributed by atoms with Gasteiger partial charge in [-0.25, -0.2) is 4.39 Å². The monoisotopic (exact) mass is 305 g/mol. The van der Waals surface area contributed by atoms with Crippen LogP contribution in [0, 0.1) is 5.82 Å². The molecule has 0 bridgehead atoms. The third-order valence-electron chi connectivity index (χ3n) is 3.53. The SMILES string of the molecule is O=C(NC1CCCC(O)C1)c1cccc(C(F)(F)F)c1F. The Balaban J connectivity index is 2.16. The van der Waals surface area contributed by atoms with Crippen LogP contribution in [0.1, 0.15) is 41.6 Å². The number of carbonyl (C=O) groups excluding carboxylic acids is 1. The van der Waals surface area contributed by atoms with Crippen molar-refractivity contribution in [2.45, 2.75) is 44.0 Å². The molecule has 2 N–H and O–H groups in total. The first-order valence-corrected chi connectivity index (χ1v) is 6.63. The van der Waals surface area contributed by atoms with Gasteiger partial charge in [-0.05, 0) is 37.8 Å². The minimum Gasteiger partial charge on any atom is -0.393 e. The van der Waals surface area contributed by atoms with E-state index in [0.717, 1.165) is 12.1 Å². The van der Waals surface area contributed by atoms with Crippen LogP contribution in [0.4, 0.5) is 17.6 Å². The fraction of sp³-hybridized carbons (Fsp3) is 0.500. The average Bonchev–Trinajstić information content (AvgIpc) is 2.37. The highest BCUT2D eigenvalue weighted by molar-refractivity contribution is 5.94. The van der Waals surface area contributed by atoms with Gasteiger partial charge in [0, 0.05) is 6.04 Å². The minimum absolute atomic E-state index is 0.326. The summed E-state index contributed by atoms with van der Waals surface area (Å²) in [5.41, 5.74) is -2.09. The van der Waals surface area contributed by atoms with Crippen molar-refractivity contribution in [3.05, 3.63) is 35.1 Å². The van der Waals surface area contributed by atoms with Gasteiger partial charge in [-0.15, -0.1) is 0 Å². The Morgan fingerprint density at radius 3 is 2.62 bits per heavy atom. The molecule has 2 unspecified atom stereocenters. The van der Waals surface area contributed by atoms with E-state index in [-0.39, 0.29) is 6.04 Å². The third kappa shape index (κ3) is 3.72. The van der Waals surface area contributed by atoms with Crippen molar-refractivity contribution in [2.75, 3.05) is 0 Å². The molecular weight excluding hydrogens is 290 g/mol. The van der Waals surface area contributed by atoms with Crippen LogP contribution in [0.25, 0.3) is 0 Å². The zero-order chi connectivity index (χ0) is 15.6. The van der Waals surface area contributed by atoms with Crippen LogP contribution in [0.3, 0.4) is 0 Å². The number of aliphatic hydroxyl groups is 1. The van der Waals surface area contributed by atoms with Crippen LogP contribution in [-0.4, -0.2) is 23.2 Å². The lowest BCUT2D eigenvalue weighted by Gasteiger charge is -2.26. The van der Waals surface area contributed by atoms with E-state index >= 15 is 0 Å². The molecule has 3 nitrogen and oxygen atoms in total. The van der Waals surface area contributed by atoms with E-state index in [4.69, 9.17) is 0 Å². The number of carbonyl (C=O) groups is 1. The Bertz CT molecular complexity index is 530. The second-order valence-corrected chi connectivity index (χ2v) is 5.16. The molecule has 1 amide bonds. The first kappa shape index (κ1) is 15.8. The Kier molecular flexibility index (Phi) is 4.51. The second kappa shape index (κ2) is 6.01. The summed E-state index contributed by atoms with van der Waals surface area (Å²) >= 11 is 0. The molecule has 1 fully saturated rings. The van der Waals surface area contributed by atoms with Gasteiger partial charge in [0.05, 0.1) is 17.2 Å². The van der Waals surface area contributed by atoms with Gasteiger partial charge in [-0.3, -0.25) is 4.79 Å². The van der Waals surface area contributed by atoms with Crippen LogP contribution in [-0.2, 0) is 6.18 Å². The lowest BCUT2D eigenvalue weighted by molar-refractivity contribution is -0.140. The molecule has 0 radical (unpaired) electrons. The molecule has 0 aliphatic heterocycles. The molecule has 1 saturated carbocycles. The summed E-state index contributed by atoms with van der Waals surface area (Å²) < 4.78 is 51.6. The smallest absolute Gasteiger partial charge is 0.393 e. The number of rotatable bonds is 2. The van der Waals surface area contributed by atoms with E-state index in [9.17, 15) is 27.5 Å². The van der Waals surface area contributed by atoms with Gasteiger partial charge in [0.25, 0.3) is 5.91 Å². The predicted octanol–water partition coefficient (Wildman–Crippen LogP) is 2.88. The average molecular weight is 305 g/mol. The number of benzene rings is 1. The van der Waals surface area contributed by atoms with Gasteiger partial charge in [0.15, 0.2) is 0 Å². The van der Waals surface area contributed by atoms with Gasteiger partial charge in [0.1, 0.15) is 5.82 Å². The molecule has 0 heterocycles. The topological polar surface area (TPSA) is 49.3 Å². The maximum absolute atomic E-state index is 13.8. The second-order valence-electron chi connectivity index (χ2n) is 5.16. The van der Waals surface area contributed by atoms with Crippen LogP contribution < -0.4 is 5.32 Å². The highest BCUT2D eigenvalue weighted by atomic mass is 19.4. The van der Waals surface area contributed by atoms with Crippen molar-refractivity contribution in [3.8, 4) is 0 Å². The number of alkyl halides is 3. The number of amides is 1. The number of hydrogen-bond acceptors (Lipinski definition) is 2. The minimum atomic E-state index is -4.85. The highest BCUT2D eigenvalue weighted by Crippen LogP contribution is 2.32. The molecule has 1 aliphatic rings. The van der Waals surface area contributed by atoms with Crippen molar-refractivity contribution in [3.63, 3.8) is 0 Å². The molecule has 0 aromatic heterocycles. The van der Waals surface area contributed by atoms with Gasteiger partial charge >= 0.3 is 6.18 Å². The summed E-state index contributed by atoms with van der Waals surface area (Å²) in [7, 11) is 0. The molecule has 21 heavy (non-hydrogen) atoms. The van der Waals surface area contributed by atoms with Gasteiger partial charge in [0.2, 0.25) is 0 Å². The lowest BCUT2D eigenvalue weighted by atomic mass is 9.93.